The molecule has 0 amide bonds. The topological polar surface area (TPSA) is 50.1 Å². The van der Waals surface area contributed by atoms with Crippen molar-refractivity contribution in [2.24, 2.45) is 5.92 Å². The normalized spacial score (nSPS) is 13.4. The third-order valence-corrected chi connectivity index (χ3v) is 3.44. The lowest BCUT2D eigenvalue weighted by atomic mass is 10.1. The lowest BCUT2D eigenvalue weighted by molar-refractivity contribution is 0.267. The molecule has 1 aromatic rings. The van der Waals surface area contributed by atoms with Gasteiger partial charge in [-0.2, -0.15) is 5.10 Å². The Hall–Kier alpha value is -0.870. The van der Waals surface area contributed by atoms with Crippen molar-refractivity contribution in [3.8, 4) is 0 Å². The van der Waals surface area contributed by atoms with Crippen LogP contribution in [-0.2, 0) is 13.1 Å². The molecule has 0 aliphatic heterocycles. The number of rotatable bonds is 6. The van der Waals surface area contributed by atoms with E-state index in [1.165, 1.54) is 5.56 Å². The second-order valence-corrected chi connectivity index (χ2v) is 5.01. The minimum Gasteiger partial charge on any atom is -0.394 e. The molecule has 98 valence electrons. The van der Waals surface area contributed by atoms with Crippen LogP contribution < -0.4 is 5.32 Å². The van der Waals surface area contributed by atoms with Gasteiger partial charge in [0, 0.05) is 23.8 Å². The van der Waals surface area contributed by atoms with Crippen LogP contribution in [0, 0.1) is 19.8 Å². The van der Waals surface area contributed by atoms with E-state index in [0.29, 0.717) is 18.5 Å². The summed E-state index contributed by atoms with van der Waals surface area (Å²) in [5, 5.41) is 16.9. The molecule has 0 fully saturated rings. The quantitative estimate of drug-likeness (QED) is 0.793. The first-order valence-electron chi connectivity index (χ1n) is 6.34. The Morgan fingerprint density at radius 3 is 2.47 bits per heavy atom. The number of hydrogen-bond acceptors (Lipinski definition) is 3. The van der Waals surface area contributed by atoms with Gasteiger partial charge in [-0.15, -0.1) is 0 Å². The Bertz CT molecular complexity index is 358. The maximum atomic E-state index is 8.96. The van der Waals surface area contributed by atoms with E-state index < -0.39 is 0 Å². The maximum absolute atomic E-state index is 8.96. The monoisotopic (exact) mass is 239 g/mol. The van der Waals surface area contributed by atoms with Crippen LogP contribution >= 0.6 is 0 Å². The summed E-state index contributed by atoms with van der Waals surface area (Å²) in [4.78, 5) is 0. The van der Waals surface area contributed by atoms with Gasteiger partial charge in [-0.1, -0.05) is 13.8 Å². The van der Waals surface area contributed by atoms with Gasteiger partial charge in [-0.25, -0.2) is 0 Å². The van der Waals surface area contributed by atoms with Crippen molar-refractivity contribution in [2.45, 2.75) is 53.8 Å². The summed E-state index contributed by atoms with van der Waals surface area (Å²) >= 11 is 0. The Balaban J connectivity index is 2.71. The highest BCUT2D eigenvalue weighted by atomic mass is 16.3. The van der Waals surface area contributed by atoms with E-state index in [2.05, 4.69) is 38.1 Å². The third-order valence-electron chi connectivity index (χ3n) is 3.44. The fourth-order valence-corrected chi connectivity index (χ4v) is 1.80. The number of nitrogens with one attached hydrogen (secondary N) is 1. The molecule has 0 aromatic carbocycles. The fraction of sp³-hybridized carbons (Fsp3) is 0.769. The van der Waals surface area contributed by atoms with Crippen molar-refractivity contribution in [3.05, 3.63) is 17.0 Å². The highest BCUT2D eigenvalue weighted by molar-refractivity contribution is 5.24. The predicted octanol–water partition coefficient (Wildman–Crippen LogP) is 1.63. The first kappa shape index (κ1) is 14.2. The minimum absolute atomic E-state index is 0.136. The number of aliphatic hydroxyl groups is 1. The second-order valence-electron chi connectivity index (χ2n) is 5.01. The van der Waals surface area contributed by atoms with Gasteiger partial charge in [-0.05, 0) is 26.7 Å². The Kier molecular flexibility index (Phi) is 5.15. The molecule has 2 N–H and O–H groups in total. The molecule has 1 atom stereocenters. The molecular weight excluding hydrogens is 214 g/mol. The predicted molar refractivity (Wildman–Crippen MR) is 69.9 cm³/mol. The van der Waals surface area contributed by atoms with E-state index in [1.54, 1.807) is 0 Å². The molecule has 0 bridgehead atoms. The largest absolute Gasteiger partial charge is 0.394 e. The average Bonchev–Trinajstić information content (AvgIpc) is 2.52. The Labute approximate surface area is 104 Å². The van der Waals surface area contributed by atoms with Crippen LogP contribution in [0.3, 0.4) is 0 Å². The van der Waals surface area contributed by atoms with Gasteiger partial charge in [0.2, 0.25) is 0 Å². The van der Waals surface area contributed by atoms with Crippen LogP contribution in [0.4, 0.5) is 0 Å². The number of aryl methyl sites for hydroxylation is 1. The Morgan fingerprint density at radius 2 is 1.94 bits per heavy atom. The van der Waals surface area contributed by atoms with Gasteiger partial charge in [-0.3, -0.25) is 4.68 Å². The van der Waals surface area contributed by atoms with Crippen molar-refractivity contribution in [1.29, 1.82) is 0 Å². The van der Waals surface area contributed by atoms with Crippen LogP contribution in [0.15, 0.2) is 0 Å². The minimum atomic E-state index is 0.136. The zero-order valence-corrected chi connectivity index (χ0v) is 11.6. The third kappa shape index (κ3) is 3.54. The molecule has 1 rings (SSSR count). The summed E-state index contributed by atoms with van der Waals surface area (Å²) in [7, 11) is 0. The first-order chi connectivity index (χ1) is 7.97. The summed E-state index contributed by atoms with van der Waals surface area (Å²) < 4.78 is 1.88. The van der Waals surface area contributed by atoms with E-state index >= 15 is 0 Å². The standard InChI is InChI=1S/C13H25N3O/c1-9(2)10(3)14-8-13-11(4)15-16(6-7-17)12(13)5/h9-10,14,17H,6-8H2,1-5H3. The molecule has 1 heterocycles. The first-order valence-corrected chi connectivity index (χ1v) is 6.34. The zero-order valence-electron chi connectivity index (χ0n) is 11.6. The van der Waals surface area contributed by atoms with E-state index in [0.717, 1.165) is 17.9 Å². The molecule has 0 spiro atoms. The van der Waals surface area contributed by atoms with Crippen molar-refractivity contribution in [2.75, 3.05) is 6.61 Å². The highest BCUT2D eigenvalue weighted by Crippen LogP contribution is 2.13. The maximum Gasteiger partial charge on any atom is 0.0644 e. The van der Waals surface area contributed by atoms with Gasteiger partial charge < -0.3 is 10.4 Å². The molecule has 1 aromatic heterocycles. The van der Waals surface area contributed by atoms with Gasteiger partial charge in [0.1, 0.15) is 0 Å². The highest BCUT2D eigenvalue weighted by Gasteiger charge is 2.13. The lowest BCUT2D eigenvalue weighted by Gasteiger charge is -2.17. The summed E-state index contributed by atoms with van der Waals surface area (Å²) in [5.74, 6) is 0.628. The van der Waals surface area contributed by atoms with Gasteiger partial charge in [0.05, 0.1) is 18.8 Å². The summed E-state index contributed by atoms with van der Waals surface area (Å²) in [6.45, 7) is 12.3. The van der Waals surface area contributed by atoms with E-state index in [1.807, 2.05) is 11.6 Å². The SMILES string of the molecule is Cc1nn(CCO)c(C)c1CNC(C)C(C)C. The average molecular weight is 239 g/mol. The van der Waals surface area contributed by atoms with Crippen LogP contribution in [0.2, 0.25) is 0 Å². The van der Waals surface area contributed by atoms with Gasteiger partial charge in [0.15, 0.2) is 0 Å². The van der Waals surface area contributed by atoms with Crippen LogP contribution in [-0.4, -0.2) is 27.5 Å². The number of hydrogen-bond donors (Lipinski definition) is 2. The zero-order chi connectivity index (χ0) is 13.0. The molecule has 4 nitrogen and oxygen atoms in total. The van der Waals surface area contributed by atoms with Gasteiger partial charge >= 0.3 is 0 Å². The van der Waals surface area contributed by atoms with Gasteiger partial charge in [0.25, 0.3) is 0 Å². The molecule has 1 unspecified atom stereocenters. The van der Waals surface area contributed by atoms with Crippen LogP contribution in [0.25, 0.3) is 0 Å². The summed E-state index contributed by atoms with van der Waals surface area (Å²) in [5.41, 5.74) is 3.46. The molecule has 0 saturated carbocycles. The van der Waals surface area contributed by atoms with E-state index in [4.69, 9.17) is 5.11 Å². The van der Waals surface area contributed by atoms with E-state index in [-0.39, 0.29) is 6.61 Å². The number of nitrogens with zero attached hydrogens (tertiary/aromatic N) is 2. The van der Waals surface area contributed by atoms with Crippen molar-refractivity contribution in [1.82, 2.24) is 15.1 Å². The Morgan fingerprint density at radius 1 is 1.29 bits per heavy atom. The summed E-state index contributed by atoms with van der Waals surface area (Å²) in [6.07, 6.45) is 0. The van der Waals surface area contributed by atoms with Crippen molar-refractivity contribution >= 4 is 0 Å². The molecule has 0 radical (unpaired) electrons. The second kappa shape index (κ2) is 6.17. The fourth-order valence-electron chi connectivity index (χ4n) is 1.80. The number of aromatic nitrogens is 2. The van der Waals surface area contributed by atoms with E-state index in [9.17, 15) is 0 Å². The molecule has 0 saturated heterocycles. The number of aliphatic hydroxyl groups excluding tert-OH is 1. The van der Waals surface area contributed by atoms with Crippen LogP contribution in [0.5, 0.6) is 0 Å². The van der Waals surface area contributed by atoms with Crippen LogP contribution in [0.1, 0.15) is 37.7 Å². The molecule has 4 heteroatoms. The van der Waals surface area contributed by atoms with Crippen molar-refractivity contribution in [3.63, 3.8) is 0 Å². The molecular formula is C13H25N3O. The molecule has 0 aliphatic rings. The smallest absolute Gasteiger partial charge is 0.0644 e. The lowest BCUT2D eigenvalue weighted by Crippen LogP contribution is -2.30. The van der Waals surface area contributed by atoms with Crippen molar-refractivity contribution < 1.29 is 5.11 Å². The molecule has 17 heavy (non-hydrogen) atoms. The molecule has 0 aliphatic carbocycles. The summed E-state index contributed by atoms with van der Waals surface area (Å²) in [6, 6.07) is 0.495.